The van der Waals surface area contributed by atoms with Crippen molar-refractivity contribution in [2.45, 2.75) is 0 Å². The number of hydrogen-bond acceptors (Lipinski definition) is 8. The Morgan fingerprint density at radius 2 is 1.11 bits per heavy atom. The maximum atomic E-state index is 9.50. The Hall–Kier alpha value is 0.645. The van der Waals surface area contributed by atoms with Crippen LogP contribution < -0.4 is 0 Å². The van der Waals surface area contributed by atoms with E-state index < -0.39 is 22.5 Å². The molecule has 18 heavy (non-hydrogen) atoms. The second-order valence-corrected chi connectivity index (χ2v) is 2.75. The van der Waals surface area contributed by atoms with Gasteiger partial charge in [-0.15, -0.1) is 0 Å². The Bertz CT molecular complexity index is 221. The van der Waals surface area contributed by atoms with Gasteiger partial charge >= 0.3 is 108 Å². The molecule has 0 aromatic heterocycles. The number of rotatable bonds is 6. The predicted octanol–water partition coefficient (Wildman–Crippen LogP) is -5.31. The average Bonchev–Trinajstić information content (AvgIpc) is 2.00. The summed E-state index contributed by atoms with van der Waals surface area (Å²) < 4.78 is 39.3. The first-order valence-electron chi connectivity index (χ1n) is 3.18. The van der Waals surface area contributed by atoms with Gasteiger partial charge in [0.25, 0.3) is 0 Å². The van der Waals surface area contributed by atoms with E-state index in [4.69, 9.17) is 29.3 Å². The first kappa shape index (κ1) is 27.1. The van der Waals surface area contributed by atoms with Crippen molar-refractivity contribution in [1.29, 1.82) is 0 Å². The second-order valence-electron chi connectivity index (χ2n) is 1.73. The normalized spacial score (nSPS) is 7.83. The summed E-state index contributed by atoms with van der Waals surface area (Å²) in [5.74, 6) is 0. The molecule has 0 rings (SSSR count). The van der Waals surface area contributed by atoms with Gasteiger partial charge in [-0.05, 0) is 0 Å². The quantitative estimate of drug-likeness (QED) is 0.230. The molecule has 0 aromatic carbocycles. The van der Waals surface area contributed by atoms with Crippen LogP contribution in [0.3, 0.4) is 0 Å². The summed E-state index contributed by atoms with van der Waals surface area (Å²) in [6, 6.07) is 0. The van der Waals surface area contributed by atoms with Crippen molar-refractivity contribution in [3.8, 4) is 0 Å². The molecule has 0 radical (unpaired) electrons. The van der Waals surface area contributed by atoms with Gasteiger partial charge in [0.2, 0.25) is 0 Å². The Labute approximate surface area is 127 Å². The molecule has 0 saturated heterocycles. The van der Waals surface area contributed by atoms with Crippen LogP contribution in [-0.2, 0) is 27.7 Å². The van der Waals surface area contributed by atoms with E-state index in [9.17, 15) is 9.41 Å². The van der Waals surface area contributed by atoms with Crippen LogP contribution in [0.15, 0.2) is 0 Å². The first-order chi connectivity index (χ1) is 7.20. The van der Waals surface area contributed by atoms with Crippen molar-refractivity contribution in [3.63, 3.8) is 0 Å². The van der Waals surface area contributed by atoms with E-state index in [1.54, 1.807) is 0 Å². The molecule has 0 amide bonds. The topological polar surface area (TPSA) is 180 Å². The van der Waals surface area contributed by atoms with Crippen molar-refractivity contribution in [1.82, 2.24) is 0 Å². The standard InChI is InChI=1S/B4H2O7.2Li.H3O4P.2H/c5-1-9-3(7)11-4(8)10-2-6;;;1-5(2,3)4;;/h7-8H;;;(H3,1,2,3,4);;. The van der Waals surface area contributed by atoms with E-state index in [0.717, 1.165) is 0 Å². The Kier molecular flexibility index (Phi) is 23.6. The van der Waals surface area contributed by atoms with Crippen molar-refractivity contribution in [2.75, 3.05) is 0 Å². The van der Waals surface area contributed by atoms with Gasteiger partial charge in [0.1, 0.15) is 0 Å². The van der Waals surface area contributed by atoms with Gasteiger partial charge in [0, 0.05) is 0 Å². The van der Waals surface area contributed by atoms with Gasteiger partial charge in [-0.2, -0.15) is 0 Å². The molecular weight excluding hydrogens is 264 g/mol. The molecule has 0 bridgehead atoms. The molecule has 18 heteroatoms. The molecule has 0 atom stereocenters. The summed E-state index contributed by atoms with van der Waals surface area (Å²) in [6.45, 7) is 0. The third-order valence-electron chi connectivity index (χ3n) is 0.577. The molecule has 0 heterocycles. The van der Waals surface area contributed by atoms with Crippen LogP contribution in [-0.4, -0.2) is 91.8 Å². The summed E-state index contributed by atoms with van der Waals surface area (Å²) in [7, 11) is -8.75. The molecule has 0 aliphatic carbocycles. The fraction of sp³-hybridized carbons (Fsp3) is 0. The van der Waals surface area contributed by atoms with Crippen molar-refractivity contribution in [2.24, 2.45) is 0 Å². The minimum absolute atomic E-state index is 0. The average molecular weight is 271 g/mol. The molecular formula is H7B4Li2O11P. The van der Waals surface area contributed by atoms with E-state index in [0.29, 0.717) is 0 Å². The zero-order chi connectivity index (χ0) is 13.2. The van der Waals surface area contributed by atoms with Crippen LogP contribution in [0.5, 0.6) is 0 Å². The van der Waals surface area contributed by atoms with Crippen LogP contribution in [0.1, 0.15) is 0 Å². The molecule has 0 aliphatic heterocycles. The summed E-state index contributed by atoms with van der Waals surface area (Å²) in [5, 5.41) is 16.8. The van der Waals surface area contributed by atoms with Crippen LogP contribution >= 0.6 is 7.82 Å². The zero-order valence-corrected chi connectivity index (χ0v) is 8.34. The van der Waals surface area contributed by atoms with E-state index in [1.807, 2.05) is 0 Å². The SMILES string of the molecule is O=BOB(O)OB(O)OB=O.O=P(O)(O)O.[LiH].[LiH]. The van der Waals surface area contributed by atoms with E-state index in [-0.39, 0.29) is 52.4 Å². The van der Waals surface area contributed by atoms with Crippen LogP contribution in [0.4, 0.5) is 0 Å². The number of hydrogen-bond donors (Lipinski definition) is 5. The fourth-order valence-corrected chi connectivity index (χ4v) is 0.259. The molecule has 0 fully saturated rings. The molecule has 0 aliphatic rings. The molecule has 11 nitrogen and oxygen atoms in total. The van der Waals surface area contributed by atoms with Crippen molar-refractivity contribution >= 4 is 74.9 Å². The molecule has 0 unspecified atom stereocenters. The molecule has 0 aromatic rings. The van der Waals surface area contributed by atoms with Gasteiger partial charge in [-0.1, -0.05) is 0 Å². The Morgan fingerprint density at radius 1 is 0.889 bits per heavy atom. The van der Waals surface area contributed by atoms with Crippen LogP contribution in [0.25, 0.3) is 0 Å². The zero-order valence-electron chi connectivity index (χ0n) is 7.44. The molecule has 0 spiro atoms. The summed E-state index contributed by atoms with van der Waals surface area (Å²) in [4.78, 5) is 21.6. The van der Waals surface area contributed by atoms with Crippen LogP contribution in [0.2, 0.25) is 0 Å². The van der Waals surface area contributed by atoms with Crippen molar-refractivity contribution in [3.05, 3.63) is 0 Å². The summed E-state index contributed by atoms with van der Waals surface area (Å²) >= 11 is 0. The summed E-state index contributed by atoms with van der Waals surface area (Å²) in [5.41, 5.74) is 0. The van der Waals surface area contributed by atoms with E-state index in [1.165, 1.54) is 0 Å². The minimum atomic E-state index is -4.64. The van der Waals surface area contributed by atoms with Gasteiger partial charge in [0.05, 0.1) is 0 Å². The monoisotopic (exact) mass is 272 g/mol. The van der Waals surface area contributed by atoms with Gasteiger partial charge in [-0.25, -0.2) is 4.57 Å². The second kappa shape index (κ2) is 15.7. The molecule has 92 valence electrons. The molecule has 0 saturated carbocycles. The van der Waals surface area contributed by atoms with Gasteiger partial charge in [-0.3, -0.25) is 0 Å². The van der Waals surface area contributed by atoms with Gasteiger partial charge < -0.3 is 14.7 Å². The fourth-order valence-electron chi connectivity index (χ4n) is 0.259. The Morgan fingerprint density at radius 3 is 1.28 bits per heavy atom. The molecule has 5 N–H and O–H groups in total. The third kappa shape index (κ3) is 36.0. The first-order valence-corrected chi connectivity index (χ1v) is 4.75. The van der Waals surface area contributed by atoms with Crippen molar-refractivity contribution < 1.29 is 52.4 Å². The number of phosphoric acid groups is 1. The van der Waals surface area contributed by atoms with E-state index in [2.05, 4.69) is 13.7 Å². The maximum absolute atomic E-state index is 9.50. The third-order valence-corrected chi connectivity index (χ3v) is 0.577. The Balaban J connectivity index is -0.000000122. The summed E-state index contributed by atoms with van der Waals surface area (Å²) in [6.07, 6.45) is 0. The van der Waals surface area contributed by atoms with Crippen LogP contribution in [0, 0.1) is 0 Å². The van der Waals surface area contributed by atoms with E-state index >= 15 is 0 Å². The predicted molar refractivity (Wildman–Crippen MR) is 60.6 cm³/mol. The van der Waals surface area contributed by atoms with Gasteiger partial charge in [0.15, 0.2) is 0 Å².